The number of esters is 2. The lowest BCUT2D eigenvalue weighted by atomic mass is 9.82. The Bertz CT molecular complexity index is 663. The van der Waals surface area contributed by atoms with E-state index in [0.29, 0.717) is 12.0 Å². The lowest BCUT2D eigenvalue weighted by Crippen LogP contribution is -2.38. The third kappa shape index (κ3) is 3.61. The van der Waals surface area contributed by atoms with Crippen molar-refractivity contribution in [2.24, 2.45) is 11.8 Å². The second-order valence-electron chi connectivity index (χ2n) is 8.04. The summed E-state index contributed by atoms with van der Waals surface area (Å²) < 4.78 is 17.1. The summed E-state index contributed by atoms with van der Waals surface area (Å²) in [5.74, 6) is -1.19. The maximum atomic E-state index is 12.3. The summed E-state index contributed by atoms with van der Waals surface area (Å²) >= 11 is 0. The second-order valence-corrected chi connectivity index (χ2v) is 8.04. The van der Waals surface area contributed by atoms with Crippen LogP contribution in [0, 0.1) is 11.8 Å². The molecule has 0 saturated carbocycles. The Morgan fingerprint density at radius 3 is 2.88 bits per heavy atom. The van der Waals surface area contributed by atoms with Gasteiger partial charge in [0.05, 0.1) is 11.5 Å². The van der Waals surface area contributed by atoms with E-state index in [1.807, 2.05) is 26.8 Å². The van der Waals surface area contributed by atoms with Gasteiger partial charge in [-0.05, 0) is 31.3 Å². The number of ether oxygens (including phenoxy) is 3. The number of fused-ring (bicyclic) bond motifs is 3. The molecule has 6 nitrogen and oxygen atoms in total. The monoisotopic (exact) mass is 362 g/mol. The summed E-state index contributed by atoms with van der Waals surface area (Å²) in [4.78, 5) is 35.9. The first kappa shape index (κ1) is 18.8. The molecule has 0 bridgehead atoms. The zero-order chi connectivity index (χ0) is 19.1. The highest BCUT2D eigenvalue weighted by Gasteiger charge is 2.63. The average molecular weight is 362 g/mol. The Morgan fingerprint density at radius 2 is 2.23 bits per heavy atom. The summed E-state index contributed by atoms with van der Waals surface area (Å²) in [6.45, 7) is 9.69. The van der Waals surface area contributed by atoms with Crippen LogP contribution in [0.1, 0.15) is 46.5 Å². The predicted molar refractivity (Wildman–Crippen MR) is 93.1 cm³/mol. The van der Waals surface area contributed by atoms with Crippen molar-refractivity contribution in [2.75, 3.05) is 0 Å². The molecule has 3 rings (SSSR count). The van der Waals surface area contributed by atoms with Crippen LogP contribution < -0.4 is 0 Å². The lowest BCUT2D eigenvalue weighted by molar-refractivity contribution is -0.154. The van der Waals surface area contributed by atoms with E-state index >= 15 is 0 Å². The van der Waals surface area contributed by atoms with E-state index in [4.69, 9.17) is 14.2 Å². The number of allylic oxidation sites excluding steroid dienone is 1. The molecule has 26 heavy (non-hydrogen) atoms. The van der Waals surface area contributed by atoms with Gasteiger partial charge in [0.1, 0.15) is 24.6 Å². The number of hydrogen-bond donors (Lipinski definition) is 0. The summed E-state index contributed by atoms with van der Waals surface area (Å²) in [5, 5.41) is 0. The maximum Gasteiger partial charge on any atom is 0.334 e. The van der Waals surface area contributed by atoms with Gasteiger partial charge >= 0.3 is 11.9 Å². The van der Waals surface area contributed by atoms with E-state index < -0.39 is 29.7 Å². The third-order valence-electron chi connectivity index (χ3n) is 5.39. The zero-order valence-electron chi connectivity index (χ0n) is 15.5. The van der Waals surface area contributed by atoms with Crippen molar-refractivity contribution in [1.29, 1.82) is 0 Å². The van der Waals surface area contributed by atoms with Crippen LogP contribution in [0.15, 0.2) is 23.8 Å². The second kappa shape index (κ2) is 6.99. The molecular weight excluding hydrogens is 336 g/mol. The van der Waals surface area contributed by atoms with Gasteiger partial charge in [0.25, 0.3) is 0 Å². The van der Waals surface area contributed by atoms with Gasteiger partial charge in [-0.3, -0.25) is 9.59 Å². The fourth-order valence-corrected chi connectivity index (χ4v) is 3.91. The predicted octanol–water partition coefficient (Wildman–Crippen LogP) is 2.51. The van der Waals surface area contributed by atoms with Gasteiger partial charge in [0, 0.05) is 18.4 Å². The highest BCUT2D eigenvalue weighted by Crippen LogP contribution is 2.50. The van der Waals surface area contributed by atoms with Gasteiger partial charge in [-0.2, -0.15) is 0 Å². The van der Waals surface area contributed by atoms with Crippen molar-refractivity contribution in [2.45, 2.75) is 70.4 Å². The number of aldehydes is 1. The van der Waals surface area contributed by atoms with Gasteiger partial charge in [0.2, 0.25) is 0 Å². The van der Waals surface area contributed by atoms with Crippen LogP contribution in [0.4, 0.5) is 0 Å². The molecule has 0 radical (unpaired) electrons. The molecule has 0 aromatic heterocycles. The van der Waals surface area contributed by atoms with Gasteiger partial charge in [0.15, 0.2) is 0 Å². The highest BCUT2D eigenvalue weighted by molar-refractivity contribution is 5.91. The molecule has 0 amide bonds. The van der Waals surface area contributed by atoms with E-state index in [1.165, 1.54) is 0 Å². The number of hydrogen-bond acceptors (Lipinski definition) is 6. The van der Waals surface area contributed by atoms with E-state index in [1.54, 1.807) is 0 Å². The zero-order valence-corrected chi connectivity index (χ0v) is 15.5. The minimum Gasteiger partial charge on any atom is -0.461 e. The van der Waals surface area contributed by atoms with Crippen molar-refractivity contribution >= 4 is 18.2 Å². The summed E-state index contributed by atoms with van der Waals surface area (Å²) in [6.07, 6.45) is 3.12. The van der Waals surface area contributed by atoms with Gasteiger partial charge in [-0.15, -0.1) is 0 Å². The number of rotatable bonds is 4. The van der Waals surface area contributed by atoms with Gasteiger partial charge in [-0.1, -0.05) is 26.5 Å². The van der Waals surface area contributed by atoms with Gasteiger partial charge < -0.3 is 14.2 Å². The smallest absolute Gasteiger partial charge is 0.334 e. The third-order valence-corrected chi connectivity index (χ3v) is 5.39. The molecule has 2 aliphatic heterocycles. The molecule has 0 N–H and O–H groups in total. The van der Waals surface area contributed by atoms with Crippen LogP contribution in [0.2, 0.25) is 0 Å². The molecule has 1 unspecified atom stereocenters. The minimum atomic E-state index is -0.673. The number of epoxide rings is 1. The van der Waals surface area contributed by atoms with Crippen LogP contribution >= 0.6 is 0 Å². The Balaban J connectivity index is 1.92. The van der Waals surface area contributed by atoms with Crippen molar-refractivity contribution in [3.8, 4) is 0 Å². The molecular formula is C20H26O6. The van der Waals surface area contributed by atoms with Crippen molar-refractivity contribution in [1.82, 2.24) is 0 Å². The molecule has 3 aliphatic rings. The van der Waals surface area contributed by atoms with E-state index in [9.17, 15) is 14.4 Å². The van der Waals surface area contributed by atoms with Crippen LogP contribution in [0.5, 0.6) is 0 Å². The van der Waals surface area contributed by atoms with Crippen molar-refractivity contribution < 1.29 is 28.6 Å². The molecule has 5 atom stereocenters. The topological polar surface area (TPSA) is 82.2 Å². The van der Waals surface area contributed by atoms with Crippen LogP contribution in [0.3, 0.4) is 0 Å². The van der Waals surface area contributed by atoms with Gasteiger partial charge in [-0.25, -0.2) is 4.79 Å². The number of carbonyl (C=O) groups is 3. The molecule has 0 spiro atoms. The van der Waals surface area contributed by atoms with Crippen LogP contribution in [0.25, 0.3) is 0 Å². The summed E-state index contributed by atoms with van der Waals surface area (Å²) in [5.41, 5.74) is 0.435. The van der Waals surface area contributed by atoms with Crippen LogP contribution in [-0.4, -0.2) is 42.1 Å². The molecule has 0 aromatic rings. The van der Waals surface area contributed by atoms with Crippen LogP contribution in [-0.2, 0) is 28.6 Å². The molecule has 142 valence electrons. The molecule has 1 aliphatic carbocycles. The molecule has 2 heterocycles. The van der Waals surface area contributed by atoms with E-state index in [-0.39, 0.29) is 36.4 Å². The maximum absolute atomic E-state index is 12.3. The first-order valence-corrected chi connectivity index (χ1v) is 9.16. The quantitative estimate of drug-likeness (QED) is 0.331. The first-order chi connectivity index (χ1) is 12.2. The Kier molecular flexibility index (Phi) is 5.06. The van der Waals surface area contributed by atoms with Crippen molar-refractivity contribution in [3.05, 3.63) is 23.8 Å². The van der Waals surface area contributed by atoms with Crippen molar-refractivity contribution in [3.63, 3.8) is 0 Å². The fraction of sp³-hybridized carbons (Fsp3) is 0.650. The SMILES string of the molecule is C=C1C(=O)O[C@H]2[C@H]1C(OC(=O)CC(C)C)C/C(C=O)=C\CC[C@@]1(C)O[C@@H]21. The lowest BCUT2D eigenvalue weighted by Gasteiger charge is -2.28. The molecule has 2 fully saturated rings. The molecule has 0 aromatic carbocycles. The Morgan fingerprint density at radius 1 is 1.50 bits per heavy atom. The highest BCUT2D eigenvalue weighted by atomic mass is 16.6. The summed E-state index contributed by atoms with van der Waals surface area (Å²) in [6, 6.07) is 0. The largest absolute Gasteiger partial charge is 0.461 e. The Labute approximate surface area is 153 Å². The average Bonchev–Trinajstić information content (AvgIpc) is 3.13. The van der Waals surface area contributed by atoms with E-state index in [0.717, 1.165) is 12.7 Å². The fourth-order valence-electron chi connectivity index (χ4n) is 3.91. The summed E-state index contributed by atoms with van der Waals surface area (Å²) in [7, 11) is 0. The molecule has 6 heteroatoms. The molecule has 2 saturated heterocycles. The Hall–Kier alpha value is -1.95. The van der Waals surface area contributed by atoms with E-state index in [2.05, 4.69) is 6.58 Å². The standard InChI is InChI=1S/C20H26O6/c1-11(2)8-15(22)24-14-9-13(10-21)6-5-7-20(4)18(26-20)17-16(14)12(3)19(23)25-17/h6,10-11,14,16-18H,3,5,7-9H2,1-2,4H3/b13-6+/t14?,16-,17+,18+,20-/m1/s1. The normalized spacial score (nSPS) is 38.5. The minimum absolute atomic E-state index is 0.152. The first-order valence-electron chi connectivity index (χ1n) is 9.16. The number of carbonyl (C=O) groups excluding carboxylic acids is 3.